The number of nitrogens with one attached hydrogen (secondary N) is 1. The van der Waals surface area contributed by atoms with Crippen LogP contribution in [-0.4, -0.2) is 64.5 Å². The Hall–Kier alpha value is -3.22. The van der Waals surface area contributed by atoms with Crippen molar-refractivity contribution in [2.24, 2.45) is 18.4 Å². The van der Waals surface area contributed by atoms with Crippen molar-refractivity contribution in [2.45, 2.75) is 65.2 Å². The number of aromatic nitrogens is 5. The van der Waals surface area contributed by atoms with Crippen LogP contribution in [0.25, 0.3) is 5.82 Å². The average molecular weight is 541 g/mol. The van der Waals surface area contributed by atoms with E-state index >= 15 is 0 Å². The number of hydrogen-bond donors (Lipinski definition) is 1. The molecule has 3 aromatic rings. The van der Waals surface area contributed by atoms with Gasteiger partial charge in [0.15, 0.2) is 0 Å². The van der Waals surface area contributed by atoms with E-state index in [0.717, 1.165) is 6.42 Å². The standard InChI is InChI=1S/C25H36BN7O4S/c1-16-13-25(6,7)32(14-16)22-18(23(34)30-38(35,36)21-17(2)28-31(8)26-21)9-10-19(27-22)33-12-11-20(29-33)37-15-24(3,4)5/h9-12,16H,13-15H2,1-8H3,(H,30,34)/t16-/m0/s1. The summed E-state index contributed by atoms with van der Waals surface area (Å²) in [6, 6.07) is 5.00. The van der Waals surface area contributed by atoms with E-state index in [1.807, 2.05) is 0 Å². The molecule has 204 valence electrons. The molecular formula is C25H36BN7O4S. The molecule has 0 bridgehead atoms. The summed E-state index contributed by atoms with van der Waals surface area (Å²) in [5.74, 6) is 0.976. The van der Waals surface area contributed by atoms with E-state index in [2.05, 4.69) is 61.4 Å². The van der Waals surface area contributed by atoms with Gasteiger partial charge >= 0.3 is 192 Å². The molecular weight excluding hydrogens is 505 g/mol. The molecule has 1 amide bonds. The number of sulfonamides is 1. The van der Waals surface area contributed by atoms with Gasteiger partial charge in [-0.1, -0.05) is 20.8 Å². The van der Waals surface area contributed by atoms with Crippen molar-refractivity contribution in [1.29, 1.82) is 0 Å². The summed E-state index contributed by atoms with van der Waals surface area (Å²) in [6.07, 6.45) is 2.65. The van der Waals surface area contributed by atoms with Gasteiger partial charge in [-0.15, -0.1) is 0 Å². The molecule has 1 saturated heterocycles. The van der Waals surface area contributed by atoms with Gasteiger partial charge in [-0.05, 0) is 5.41 Å². The van der Waals surface area contributed by atoms with E-state index in [-0.39, 0.29) is 21.3 Å². The summed E-state index contributed by atoms with van der Waals surface area (Å²) in [4.78, 5) is 20.3. The van der Waals surface area contributed by atoms with Crippen LogP contribution in [0.1, 0.15) is 64.0 Å². The first-order valence-corrected chi connectivity index (χ1v) is 14.1. The zero-order valence-electron chi connectivity index (χ0n) is 23.3. The Morgan fingerprint density at radius 2 is 1.95 bits per heavy atom. The van der Waals surface area contributed by atoms with Crippen molar-refractivity contribution in [1.82, 2.24) is 29.2 Å². The predicted octanol–water partition coefficient (Wildman–Crippen LogP) is 2.82. The molecule has 0 unspecified atom stereocenters. The molecule has 0 aliphatic carbocycles. The van der Waals surface area contributed by atoms with E-state index in [4.69, 9.17) is 9.72 Å². The van der Waals surface area contributed by atoms with Crippen LogP contribution >= 0.6 is 0 Å². The SMILES string of the molecule is Cc1nn(C)bc1S(=O)(=O)NC(=O)c1ccc(-n2ccc(OCC(C)(C)C)n2)nc1N1C[C@@H](C)CC1(C)C. The van der Waals surface area contributed by atoms with Gasteiger partial charge < -0.3 is 0 Å². The fourth-order valence-corrected chi connectivity index (χ4v) is 5.97. The van der Waals surface area contributed by atoms with Gasteiger partial charge in [0, 0.05) is 0 Å². The number of hydrogen-bond acceptors (Lipinski definition) is 8. The predicted molar refractivity (Wildman–Crippen MR) is 145 cm³/mol. The number of pyridine rings is 1. The molecule has 1 atom stereocenters. The van der Waals surface area contributed by atoms with E-state index in [0.29, 0.717) is 42.3 Å². The zero-order valence-corrected chi connectivity index (χ0v) is 24.1. The quantitative estimate of drug-likeness (QED) is 0.484. The molecule has 4 heterocycles. The zero-order chi connectivity index (χ0) is 28.0. The second-order valence-corrected chi connectivity index (χ2v) is 13.6. The molecule has 0 spiro atoms. The Labute approximate surface area is 224 Å². The van der Waals surface area contributed by atoms with E-state index in [1.165, 1.54) is 11.6 Å². The number of rotatable bonds is 7. The van der Waals surface area contributed by atoms with Crippen LogP contribution in [0.5, 0.6) is 5.88 Å². The summed E-state index contributed by atoms with van der Waals surface area (Å²) in [5, 5.41) is 8.58. The van der Waals surface area contributed by atoms with Crippen LogP contribution in [0.15, 0.2) is 29.2 Å². The Balaban J connectivity index is 1.71. The second-order valence-electron chi connectivity index (χ2n) is 11.9. The molecule has 0 aromatic carbocycles. The van der Waals surface area contributed by atoms with Gasteiger partial charge in [0.05, 0.1) is 6.61 Å². The number of ether oxygens (including phenoxy) is 1. The maximum atomic E-state index is 13.4. The third kappa shape index (κ3) is 5.92. The molecule has 38 heavy (non-hydrogen) atoms. The third-order valence-electron chi connectivity index (χ3n) is 6.37. The number of anilines is 1. The minimum absolute atomic E-state index is 0.0169. The first-order valence-electron chi connectivity index (χ1n) is 12.6. The first-order chi connectivity index (χ1) is 17.6. The van der Waals surface area contributed by atoms with Crippen LogP contribution in [0.4, 0.5) is 5.82 Å². The Bertz CT molecular complexity index is 1460. The Morgan fingerprint density at radius 1 is 1.24 bits per heavy atom. The van der Waals surface area contributed by atoms with Gasteiger partial charge in [-0.2, -0.15) is 0 Å². The average Bonchev–Trinajstić information content (AvgIpc) is 3.47. The van der Waals surface area contributed by atoms with E-state index in [9.17, 15) is 13.2 Å². The van der Waals surface area contributed by atoms with Gasteiger partial charge in [-0.3, -0.25) is 0 Å². The maximum absolute atomic E-state index is 13.4. The normalized spacial score (nSPS) is 17.5. The number of carbonyl (C=O) groups is 1. The number of nitrogens with zero attached hydrogens (tertiary/aromatic N) is 6. The molecule has 0 saturated carbocycles. The summed E-state index contributed by atoms with van der Waals surface area (Å²) < 4.78 is 37.1. The molecule has 3 aromatic heterocycles. The topological polar surface area (TPSA) is 124 Å². The Kier molecular flexibility index (Phi) is 7.19. The van der Waals surface area contributed by atoms with Crippen molar-refractivity contribution >= 4 is 28.8 Å². The molecule has 11 nitrogen and oxygen atoms in total. The summed E-state index contributed by atoms with van der Waals surface area (Å²) in [6.45, 7) is 15.3. The molecule has 0 radical (unpaired) electrons. The Morgan fingerprint density at radius 3 is 2.53 bits per heavy atom. The van der Waals surface area contributed by atoms with Crippen molar-refractivity contribution in [3.05, 3.63) is 35.7 Å². The van der Waals surface area contributed by atoms with Gasteiger partial charge in [-0.25, -0.2) is 0 Å². The fourth-order valence-electron chi connectivity index (χ4n) is 4.78. The van der Waals surface area contributed by atoms with E-state index in [1.54, 1.807) is 43.0 Å². The number of amides is 1. The monoisotopic (exact) mass is 541 g/mol. The molecule has 1 fully saturated rings. The summed E-state index contributed by atoms with van der Waals surface area (Å²) >= 11 is 0. The van der Waals surface area contributed by atoms with Crippen molar-refractivity contribution < 1.29 is 17.9 Å². The van der Waals surface area contributed by atoms with Crippen LogP contribution in [0.2, 0.25) is 0 Å². The molecule has 1 N–H and O–H groups in total. The van der Waals surface area contributed by atoms with Crippen LogP contribution in [0, 0.1) is 18.3 Å². The van der Waals surface area contributed by atoms with Gasteiger partial charge in [0.25, 0.3) is 0 Å². The third-order valence-corrected chi connectivity index (χ3v) is 7.81. The van der Waals surface area contributed by atoms with Crippen molar-refractivity contribution in [2.75, 3.05) is 18.1 Å². The van der Waals surface area contributed by atoms with Crippen molar-refractivity contribution in [3.8, 4) is 11.7 Å². The molecule has 13 heteroatoms. The number of aryl methyl sites for hydroxylation is 2. The van der Waals surface area contributed by atoms with Crippen LogP contribution in [-0.2, 0) is 17.1 Å². The van der Waals surface area contributed by atoms with Gasteiger partial charge in [0.1, 0.15) is 0 Å². The summed E-state index contributed by atoms with van der Waals surface area (Å²) in [5.41, 5.74) is 0.164. The fraction of sp³-hybridized carbons (Fsp3) is 0.560. The minimum atomic E-state index is -4.14. The molecule has 1 aliphatic heterocycles. The van der Waals surface area contributed by atoms with Crippen LogP contribution in [0.3, 0.4) is 0 Å². The van der Waals surface area contributed by atoms with Gasteiger partial charge in [0.2, 0.25) is 0 Å². The molecule has 4 rings (SSSR count). The second kappa shape index (κ2) is 9.83. The van der Waals surface area contributed by atoms with Crippen molar-refractivity contribution in [3.63, 3.8) is 0 Å². The van der Waals surface area contributed by atoms with Crippen LogP contribution < -0.4 is 14.4 Å². The van der Waals surface area contributed by atoms with E-state index < -0.39 is 15.9 Å². The summed E-state index contributed by atoms with van der Waals surface area (Å²) in [7, 11) is -1.14. The molecule has 1 aliphatic rings. The number of carbonyl (C=O) groups excluding carboxylic acids is 1. The first kappa shape index (κ1) is 27.8.